The quantitative estimate of drug-likeness (QED) is 0.870. The van der Waals surface area contributed by atoms with Crippen LogP contribution in [0.2, 0.25) is 0 Å². The molecule has 0 spiro atoms. The van der Waals surface area contributed by atoms with Crippen LogP contribution in [0.5, 0.6) is 0 Å². The Balaban J connectivity index is 2.27. The van der Waals surface area contributed by atoms with Gasteiger partial charge in [0.2, 0.25) is 5.82 Å². The minimum absolute atomic E-state index is 0.0474. The largest absolute Gasteiger partial charge is 0.391 e. The van der Waals surface area contributed by atoms with Crippen molar-refractivity contribution in [3.63, 3.8) is 0 Å². The number of para-hydroxylation sites is 1. The molecule has 1 aromatic carbocycles. The molecule has 0 aliphatic carbocycles. The summed E-state index contributed by atoms with van der Waals surface area (Å²) in [5, 5.41) is 16.8. The highest BCUT2D eigenvalue weighted by Gasteiger charge is 2.25. The highest BCUT2D eigenvalue weighted by molar-refractivity contribution is 5.90. The van der Waals surface area contributed by atoms with Gasteiger partial charge in [-0.2, -0.15) is 0 Å². The van der Waals surface area contributed by atoms with Gasteiger partial charge in [0.1, 0.15) is 17.3 Å². The Morgan fingerprint density at radius 2 is 1.96 bits per heavy atom. The smallest absolute Gasteiger partial charge is 0.291 e. The average molecular weight is 348 g/mol. The molecule has 0 aliphatic heterocycles. The third-order valence-electron chi connectivity index (χ3n) is 3.89. The first-order chi connectivity index (χ1) is 11.6. The molecule has 2 aromatic rings. The predicted molar refractivity (Wildman–Crippen MR) is 93.2 cm³/mol. The van der Waals surface area contributed by atoms with Gasteiger partial charge in [-0.15, -0.1) is 5.10 Å². The van der Waals surface area contributed by atoms with Crippen LogP contribution in [0.3, 0.4) is 0 Å². The molecule has 0 aliphatic rings. The zero-order valence-corrected chi connectivity index (χ0v) is 15.2. The van der Waals surface area contributed by atoms with E-state index in [9.17, 15) is 14.3 Å². The summed E-state index contributed by atoms with van der Waals surface area (Å²) in [6, 6.07) is 6.21. The number of aromatic nitrogens is 3. The fourth-order valence-corrected chi connectivity index (χ4v) is 2.17. The van der Waals surface area contributed by atoms with Gasteiger partial charge in [-0.3, -0.25) is 4.79 Å². The number of nitrogens with one attached hydrogen (secondary N) is 1. The maximum Gasteiger partial charge on any atom is 0.291 e. The summed E-state index contributed by atoms with van der Waals surface area (Å²) in [4.78, 5) is 16.6. The number of carbonyl (C=O) groups is 1. The van der Waals surface area contributed by atoms with Crippen molar-refractivity contribution in [1.29, 1.82) is 0 Å². The molecule has 1 unspecified atom stereocenters. The lowest BCUT2D eigenvalue weighted by Crippen LogP contribution is -2.39. The number of hydrogen-bond donors (Lipinski definition) is 2. The number of amides is 1. The summed E-state index contributed by atoms with van der Waals surface area (Å²) < 4.78 is 15.4. The monoisotopic (exact) mass is 348 g/mol. The van der Waals surface area contributed by atoms with Crippen molar-refractivity contribution < 1.29 is 14.3 Å². The number of nitrogens with zero attached hydrogens (tertiary/aromatic N) is 3. The van der Waals surface area contributed by atoms with Gasteiger partial charge in [0.15, 0.2) is 0 Å². The Morgan fingerprint density at radius 3 is 2.52 bits per heavy atom. The summed E-state index contributed by atoms with van der Waals surface area (Å²) in [7, 11) is 0. The van der Waals surface area contributed by atoms with Gasteiger partial charge in [-0.25, -0.2) is 14.1 Å². The van der Waals surface area contributed by atoms with Gasteiger partial charge in [-0.1, -0.05) is 46.8 Å². The van der Waals surface area contributed by atoms with Crippen LogP contribution in [0.15, 0.2) is 24.3 Å². The zero-order chi connectivity index (χ0) is 18.8. The van der Waals surface area contributed by atoms with Crippen LogP contribution >= 0.6 is 0 Å². The zero-order valence-electron chi connectivity index (χ0n) is 15.2. The molecule has 0 saturated carbocycles. The van der Waals surface area contributed by atoms with Crippen LogP contribution in [0.4, 0.5) is 4.39 Å². The second kappa shape index (κ2) is 7.31. The van der Waals surface area contributed by atoms with E-state index in [-0.39, 0.29) is 29.4 Å². The minimum atomic E-state index is -0.699. The molecule has 0 fully saturated rings. The normalized spacial score (nSPS) is 13.1. The fraction of sp³-hybridized carbons (Fsp3) is 0.500. The third-order valence-corrected chi connectivity index (χ3v) is 3.89. The first-order valence-corrected chi connectivity index (χ1v) is 8.29. The Labute approximate surface area is 147 Å². The number of halogens is 1. The summed E-state index contributed by atoms with van der Waals surface area (Å²) in [6.07, 6.45) is -0.699. The molecule has 2 N–H and O–H groups in total. The highest BCUT2D eigenvalue weighted by atomic mass is 19.1. The van der Waals surface area contributed by atoms with Gasteiger partial charge in [0.05, 0.1) is 6.10 Å². The van der Waals surface area contributed by atoms with E-state index in [1.807, 2.05) is 34.6 Å². The van der Waals surface area contributed by atoms with E-state index >= 15 is 0 Å². The molecule has 1 atom stereocenters. The lowest BCUT2D eigenvalue weighted by atomic mass is 9.89. The first kappa shape index (κ1) is 19.1. The van der Waals surface area contributed by atoms with E-state index in [2.05, 4.69) is 15.4 Å². The van der Waals surface area contributed by atoms with Crippen LogP contribution in [0.25, 0.3) is 5.69 Å². The van der Waals surface area contributed by atoms with Crippen LogP contribution in [0, 0.1) is 11.2 Å². The highest BCUT2D eigenvalue weighted by Crippen LogP contribution is 2.20. The van der Waals surface area contributed by atoms with Crippen molar-refractivity contribution in [2.24, 2.45) is 5.41 Å². The fourth-order valence-electron chi connectivity index (χ4n) is 2.17. The molecule has 0 bridgehead atoms. The molecule has 0 radical (unpaired) electrons. The molecule has 6 nitrogen and oxygen atoms in total. The number of hydrogen-bond acceptors (Lipinski definition) is 4. The molecule has 1 aromatic heterocycles. The number of benzene rings is 1. The third kappa shape index (κ3) is 4.42. The van der Waals surface area contributed by atoms with Gasteiger partial charge < -0.3 is 10.4 Å². The molecule has 0 saturated heterocycles. The maximum atomic E-state index is 14.1. The first-order valence-electron chi connectivity index (χ1n) is 8.29. The Hall–Kier alpha value is -2.28. The number of aliphatic hydroxyl groups excluding tert-OH is 1. The Bertz CT molecular complexity index is 750. The van der Waals surface area contributed by atoms with Gasteiger partial charge in [0.25, 0.3) is 5.91 Å². The van der Waals surface area contributed by atoms with E-state index in [0.29, 0.717) is 5.82 Å². The average Bonchev–Trinajstić information content (AvgIpc) is 2.97. The molecule has 136 valence electrons. The van der Waals surface area contributed by atoms with E-state index in [1.165, 1.54) is 10.7 Å². The second-order valence-corrected chi connectivity index (χ2v) is 7.40. The van der Waals surface area contributed by atoms with E-state index in [4.69, 9.17) is 0 Å². The van der Waals surface area contributed by atoms with E-state index < -0.39 is 17.8 Å². The molecule has 1 heterocycles. The maximum absolute atomic E-state index is 14.1. The van der Waals surface area contributed by atoms with Crippen molar-refractivity contribution in [1.82, 2.24) is 20.1 Å². The number of aliphatic hydroxyl groups is 1. The minimum Gasteiger partial charge on any atom is -0.391 e. The number of rotatable bonds is 5. The van der Waals surface area contributed by atoms with Gasteiger partial charge in [-0.05, 0) is 17.5 Å². The molecule has 25 heavy (non-hydrogen) atoms. The van der Waals surface area contributed by atoms with Crippen LogP contribution in [-0.2, 0) is 0 Å². The molecular weight excluding hydrogens is 323 g/mol. The lowest BCUT2D eigenvalue weighted by Gasteiger charge is -2.25. The SMILES string of the molecule is CC(C)c1nc(C(=O)NCC(O)C(C)(C)C)nn1-c1ccccc1F. The predicted octanol–water partition coefficient (Wildman–Crippen LogP) is 2.67. The van der Waals surface area contributed by atoms with Crippen molar-refractivity contribution in [2.45, 2.75) is 46.6 Å². The van der Waals surface area contributed by atoms with Crippen LogP contribution in [0.1, 0.15) is 57.0 Å². The second-order valence-electron chi connectivity index (χ2n) is 7.40. The Morgan fingerprint density at radius 1 is 1.32 bits per heavy atom. The summed E-state index contributed by atoms with van der Waals surface area (Å²) >= 11 is 0. The van der Waals surface area contributed by atoms with Gasteiger partial charge >= 0.3 is 0 Å². The van der Waals surface area contributed by atoms with Crippen LogP contribution < -0.4 is 5.32 Å². The van der Waals surface area contributed by atoms with Crippen molar-refractivity contribution in [3.8, 4) is 5.69 Å². The topological polar surface area (TPSA) is 80.0 Å². The van der Waals surface area contributed by atoms with Crippen molar-refractivity contribution in [2.75, 3.05) is 6.54 Å². The van der Waals surface area contributed by atoms with Crippen LogP contribution in [-0.4, -0.2) is 38.4 Å². The summed E-state index contributed by atoms with van der Waals surface area (Å²) in [5.41, 5.74) is -0.108. The molecular formula is C18H25FN4O2. The molecule has 1 amide bonds. The lowest BCUT2D eigenvalue weighted by molar-refractivity contribution is 0.0584. The number of carbonyl (C=O) groups excluding carboxylic acids is 1. The molecule has 2 rings (SSSR count). The standard InChI is InChI=1S/C18H25FN4O2/c1-11(2)16-21-15(17(25)20-10-14(24)18(3,4)5)22-23(16)13-9-7-6-8-12(13)19/h6-9,11,14,24H,10H2,1-5H3,(H,20,25). The summed E-state index contributed by atoms with van der Waals surface area (Å²) in [6.45, 7) is 9.52. The molecule has 7 heteroatoms. The van der Waals surface area contributed by atoms with E-state index in [1.54, 1.807) is 18.2 Å². The van der Waals surface area contributed by atoms with Gasteiger partial charge in [0, 0.05) is 12.5 Å². The van der Waals surface area contributed by atoms with E-state index in [0.717, 1.165) is 0 Å². The van der Waals surface area contributed by atoms with Crippen molar-refractivity contribution in [3.05, 3.63) is 41.7 Å². The summed E-state index contributed by atoms with van der Waals surface area (Å²) in [5.74, 6) is -0.543. The van der Waals surface area contributed by atoms with Crippen molar-refractivity contribution >= 4 is 5.91 Å². The Kier molecular flexibility index (Phi) is 5.57.